The highest BCUT2D eigenvalue weighted by atomic mass is 79.9. The molecule has 1 N–H and O–H groups in total. The van der Waals surface area contributed by atoms with Gasteiger partial charge in [-0.25, -0.2) is 9.97 Å². The zero-order valence-electron chi connectivity index (χ0n) is 10.2. The normalized spacial score (nSPS) is 12.3. The second-order valence-electron chi connectivity index (χ2n) is 3.96. The van der Waals surface area contributed by atoms with Crippen LogP contribution in [0.3, 0.4) is 0 Å². The minimum absolute atomic E-state index is 0.0410. The van der Waals surface area contributed by atoms with Crippen LogP contribution in [-0.4, -0.2) is 21.5 Å². The van der Waals surface area contributed by atoms with Gasteiger partial charge in [0.05, 0.1) is 11.7 Å². The molecule has 5 heteroatoms. The highest BCUT2D eigenvalue weighted by Gasteiger charge is 2.14. The molecular formula is C13H15BrN4. The maximum Gasteiger partial charge on any atom is 0.115 e. The van der Waals surface area contributed by atoms with Crippen molar-refractivity contribution in [2.45, 2.75) is 19.4 Å². The largest absolute Gasteiger partial charge is 0.305 e. The summed E-state index contributed by atoms with van der Waals surface area (Å²) in [6, 6.07) is 4.04. The number of pyridine rings is 1. The smallest absolute Gasteiger partial charge is 0.115 e. The summed E-state index contributed by atoms with van der Waals surface area (Å²) in [4.78, 5) is 12.6. The molecule has 0 spiro atoms. The SMILES string of the molecule is CCCNC(c1cncnc1)c1ccc(Br)cn1. The molecule has 0 aliphatic carbocycles. The van der Waals surface area contributed by atoms with Crippen LogP contribution in [-0.2, 0) is 0 Å². The minimum Gasteiger partial charge on any atom is -0.305 e. The number of nitrogens with one attached hydrogen (secondary N) is 1. The van der Waals surface area contributed by atoms with E-state index in [-0.39, 0.29) is 6.04 Å². The van der Waals surface area contributed by atoms with Crippen molar-refractivity contribution in [3.05, 3.63) is 52.8 Å². The first-order valence-corrected chi connectivity index (χ1v) is 6.70. The lowest BCUT2D eigenvalue weighted by Gasteiger charge is -2.17. The van der Waals surface area contributed by atoms with E-state index in [1.54, 1.807) is 6.20 Å². The summed E-state index contributed by atoms with van der Waals surface area (Å²) in [6.45, 7) is 3.07. The average molecular weight is 307 g/mol. The lowest BCUT2D eigenvalue weighted by atomic mass is 10.1. The second kappa shape index (κ2) is 6.56. The van der Waals surface area contributed by atoms with Gasteiger partial charge in [0.2, 0.25) is 0 Å². The van der Waals surface area contributed by atoms with Gasteiger partial charge >= 0.3 is 0 Å². The van der Waals surface area contributed by atoms with Crippen LogP contribution in [0.1, 0.15) is 30.6 Å². The predicted octanol–water partition coefficient (Wildman–Crippen LogP) is 2.72. The summed E-state index contributed by atoms with van der Waals surface area (Å²) >= 11 is 3.40. The fraction of sp³-hybridized carbons (Fsp3) is 0.308. The summed E-state index contributed by atoms with van der Waals surface area (Å²) in [5.74, 6) is 0. The Morgan fingerprint density at radius 1 is 1.22 bits per heavy atom. The monoisotopic (exact) mass is 306 g/mol. The van der Waals surface area contributed by atoms with Gasteiger partial charge in [-0.3, -0.25) is 4.98 Å². The molecule has 0 saturated heterocycles. The summed E-state index contributed by atoms with van der Waals surface area (Å²) < 4.78 is 0.977. The van der Waals surface area contributed by atoms with Gasteiger partial charge in [-0.2, -0.15) is 0 Å². The molecule has 2 aromatic rings. The van der Waals surface area contributed by atoms with Gasteiger partial charge in [-0.05, 0) is 41.0 Å². The molecule has 2 rings (SSSR count). The molecule has 0 radical (unpaired) electrons. The van der Waals surface area contributed by atoms with Gasteiger partial charge in [-0.1, -0.05) is 6.92 Å². The van der Waals surface area contributed by atoms with Crippen LogP contribution in [0, 0.1) is 0 Å². The first-order chi connectivity index (χ1) is 8.81. The fourth-order valence-corrected chi connectivity index (χ4v) is 1.93. The molecule has 0 aromatic carbocycles. The summed E-state index contributed by atoms with van der Waals surface area (Å²) in [7, 11) is 0. The third-order valence-electron chi connectivity index (χ3n) is 2.56. The van der Waals surface area contributed by atoms with Crippen molar-refractivity contribution in [3.63, 3.8) is 0 Å². The third kappa shape index (κ3) is 3.34. The summed E-state index contributed by atoms with van der Waals surface area (Å²) in [6.07, 6.45) is 8.06. The standard InChI is InChI=1S/C13H15BrN4/c1-2-5-17-13(10-6-15-9-16-7-10)12-4-3-11(14)8-18-12/h3-4,6-9,13,17H,2,5H2,1H3. The van der Waals surface area contributed by atoms with E-state index in [9.17, 15) is 0 Å². The fourth-order valence-electron chi connectivity index (χ4n) is 1.70. The van der Waals surface area contributed by atoms with E-state index in [1.807, 2.05) is 24.5 Å². The number of aromatic nitrogens is 3. The van der Waals surface area contributed by atoms with Gasteiger partial charge in [0, 0.05) is 28.6 Å². The third-order valence-corrected chi connectivity index (χ3v) is 3.03. The van der Waals surface area contributed by atoms with Crippen LogP contribution >= 0.6 is 15.9 Å². The average Bonchev–Trinajstić information content (AvgIpc) is 2.42. The quantitative estimate of drug-likeness (QED) is 0.923. The predicted molar refractivity (Wildman–Crippen MR) is 74.1 cm³/mol. The van der Waals surface area contributed by atoms with Crippen LogP contribution in [0.5, 0.6) is 0 Å². The number of halogens is 1. The number of hydrogen-bond acceptors (Lipinski definition) is 4. The minimum atomic E-state index is 0.0410. The molecule has 0 bridgehead atoms. The molecule has 0 saturated carbocycles. The van der Waals surface area contributed by atoms with Crippen molar-refractivity contribution in [2.75, 3.05) is 6.54 Å². The van der Waals surface area contributed by atoms with E-state index in [4.69, 9.17) is 0 Å². The van der Waals surface area contributed by atoms with E-state index in [1.165, 1.54) is 6.33 Å². The van der Waals surface area contributed by atoms with Crippen molar-refractivity contribution in [1.29, 1.82) is 0 Å². The van der Waals surface area contributed by atoms with Crippen LogP contribution < -0.4 is 5.32 Å². The van der Waals surface area contributed by atoms with E-state index >= 15 is 0 Å². The summed E-state index contributed by atoms with van der Waals surface area (Å²) in [5, 5.41) is 3.46. The molecule has 4 nitrogen and oxygen atoms in total. The highest BCUT2D eigenvalue weighted by molar-refractivity contribution is 9.10. The Kier molecular flexibility index (Phi) is 4.78. The Morgan fingerprint density at radius 3 is 2.61 bits per heavy atom. The highest BCUT2D eigenvalue weighted by Crippen LogP contribution is 2.20. The topological polar surface area (TPSA) is 50.7 Å². The number of rotatable bonds is 5. The van der Waals surface area contributed by atoms with Crippen LogP contribution in [0.2, 0.25) is 0 Å². The molecule has 0 aliphatic rings. The molecule has 0 fully saturated rings. The number of hydrogen-bond donors (Lipinski definition) is 1. The first-order valence-electron chi connectivity index (χ1n) is 5.91. The first kappa shape index (κ1) is 13.1. The van der Waals surface area contributed by atoms with Gasteiger partial charge in [0.15, 0.2) is 0 Å². The van der Waals surface area contributed by atoms with Crippen LogP contribution in [0.25, 0.3) is 0 Å². The zero-order valence-corrected chi connectivity index (χ0v) is 11.8. The maximum absolute atomic E-state index is 4.44. The van der Waals surface area contributed by atoms with Gasteiger partial charge in [-0.15, -0.1) is 0 Å². The lowest BCUT2D eigenvalue weighted by Crippen LogP contribution is -2.24. The molecule has 2 aromatic heterocycles. The zero-order chi connectivity index (χ0) is 12.8. The van der Waals surface area contributed by atoms with E-state index in [2.05, 4.69) is 43.1 Å². The Labute approximate surface area is 115 Å². The molecule has 0 amide bonds. The van der Waals surface area contributed by atoms with Gasteiger partial charge in [0.25, 0.3) is 0 Å². The molecule has 2 heterocycles. The Balaban J connectivity index is 2.27. The van der Waals surface area contributed by atoms with Crippen molar-refractivity contribution >= 4 is 15.9 Å². The van der Waals surface area contributed by atoms with E-state index < -0.39 is 0 Å². The van der Waals surface area contributed by atoms with Gasteiger partial charge in [0.1, 0.15) is 6.33 Å². The molecule has 0 aliphatic heterocycles. The van der Waals surface area contributed by atoms with Crippen LogP contribution in [0.15, 0.2) is 41.5 Å². The maximum atomic E-state index is 4.44. The Hall–Kier alpha value is -1.33. The van der Waals surface area contributed by atoms with Crippen molar-refractivity contribution < 1.29 is 0 Å². The lowest BCUT2D eigenvalue weighted by molar-refractivity contribution is 0.583. The Morgan fingerprint density at radius 2 is 2.00 bits per heavy atom. The summed E-state index contributed by atoms with van der Waals surface area (Å²) in [5.41, 5.74) is 2.00. The Bertz CT molecular complexity index is 472. The van der Waals surface area contributed by atoms with Gasteiger partial charge < -0.3 is 5.32 Å². The molecule has 1 atom stereocenters. The number of nitrogens with zero attached hydrogens (tertiary/aromatic N) is 3. The van der Waals surface area contributed by atoms with Crippen molar-refractivity contribution in [3.8, 4) is 0 Å². The van der Waals surface area contributed by atoms with Crippen LogP contribution in [0.4, 0.5) is 0 Å². The molecular weight excluding hydrogens is 292 g/mol. The van der Waals surface area contributed by atoms with E-state index in [0.29, 0.717) is 0 Å². The molecule has 94 valence electrons. The second-order valence-corrected chi connectivity index (χ2v) is 4.88. The molecule has 1 unspecified atom stereocenters. The van der Waals surface area contributed by atoms with Crippen molar-refractivity contribution in [2.24, 2.45) is 0 Å². The van der Waals surface area contributed by atoms with E-state index in [0.717, 1.165) is 28.7 Å². The van der Waals surface area contributed by atoms with Crippen molar-refractivity contribution in [1.82, 2.24) is 20.3 Å². The molecule has 18 heavy (non-hydrogen) atoms.